The number of aliphatic imine (C=N–C) groups is 1. The van der Waals surface area contributed by atoms with E-state index in [9.17, 15) is 9.59 Å². The summed E-state index contributed by atoms with van der Waals surface area (Å²) in [6.45, 7) is 1.30. The van der Waals surface area contributed by atoms with Gasteiger partial charge in [0.25, 0.3) is 0 Å². The maximum absolute atomic E-state index is 11.2. The number of esters is 2. The van der Waals surface area contributed by atoms with Crippen molar-refractivity contribution in [3.63, 3.8) is 0 Å². The second-order valence-electron chi connectivity index (χ2n) is 3.67. The molecule has 1 aromatic carbocycles. The van der Waals surface area contributed by atoms with Crippen molar-refractivity contribution in [2.45, 2.75) is 6.92 Å². The first-order chi connectivity index (χ1) is 9.10. The van der Waals surface area contributed by atoms with Crippen LogP contribution >= 0.6 is 0 Å². The lowest BCUT2D eigenvalue weighted by Crippen LogP contribution is -2.03. The van der Waals surface area contributed by atoms with Gasteiger partial charge in [0.1, 0.15) is 0 Å². The molecule has 6 heteroatoms. The van der Waals surface area contributed by atoms with E-state index in [2.05, 4.69) is 9.73 Å². The van der Waals surface area contributed by atoms with Gasteiger partial charge in [-0.05, 0) is 23.8 Å². The standard InChI is InChI=1S/C13H11NO5/c1-8(15)19-11-4-3-9(6-12(11)17-2)5-10-13(16)18-7-14-10/h3-7H,1-2H3. The minimum absolute atomic E-state index is 0.197. The van der Waals surface area contributed by atoms with Gasteiger partial charge in [0.05, 0.1) is 7.11 Å². The SMILES string of the molecule is COc1cc(C=C2N=COC2=O)ccc1OC(C)=O. The quantitative estimate of drug-likeness (QED) is 0.469. The fourth-order valence-corrected chi connectivity index (χ4v) is 1.51. The van der Waals surface area contributed by atoms with Crippen LogP contribution in [0.4, 0.5) is 0 Å². The van der Waals surface area contributed by atoms with Gasteiger partial charge in [-0.25, -0.2) is 9.79 Å². The molecule has 0 amide bonds. The van der Waals surface area contributed by atoms with Gasteiger partial charge in [0, 0.05) is 6.92 Å². The molecule has 0 N–H and O–H groups in total. The highest BCUT2D eigenvalue weighted by Crippen LogP contribution is 2.29. The number of cyclic esters (lactones) is 1. The molecular formula is C13H11NO5. The molecule has 1 heterocycles. The third kappa shape index (κ3) is 2.98. The maximum atomic E-state index is 11.2. The second kappa shape index (κ2) is 5.34. The normalized spacial score (nSPS) is 15.5. The van der Waals surface area contributed by atoms with Crippen LogP contribution in [0.2, 0.25) is 0 Å². The van der Waals surface area contributed by atoms with Crippen LogP contribution in [-0.4, -0.2) is 25.4 Å². The zero-order chi connectivity index (χ0) is 13.8. The number of nitrogens with zero attached hydrogens (tertiary/aromatic N) is 1. The molecule has 0 spiro atoms. The number of hydrogen-bond donors (Lipinski definition) is 0. The Morgan fingerprint density at radius 2 is 2.16 bits per heavy atom. The molecule has 2 rings (SSSR count). The first kappa shape index (κ1) is 12.8. The van der Waals surface area contributed by atoms with Crippen LogP contribution in [0, 0.1) is 0 Å². The predicted molar refractivity (Wildman–Crippen MR) is 66.9 cm³/mol. The summed E-state index contributed by atoms with van der Waals surface area (Å²) in [5.41, 5.74) is 0.876. The van der Waals surface area contributed by atoms with E-state index in [0.717, 1.165) is 6.40 Å². The Hall–Kier alpha value is -2.63. The first-order valence-corrected chi connectivity index (χ1v) is 5.42. The average Bonchev–Trinajstić information content (AvgIpc) is 2.76. The van der Waals surface area contributed by atoms with E-state index in [1.165, 1.54) is 14.0 Å². The van der Waals surface area contributed by atoms with Crippen LogP contribution in [-0.2, 0) is 14.3 Å². The van der Waals surface area contributed by atoms with Crippen LogP contribution in [0.15, 0.2) is 28.9 Å². The van der Waals surface area contributed by atoms with Gasteiger partial charge in [-0.15, -0.1) is 0 Å². The molecule has 1 aromatic rings. The smallest absolute Gasteiger partial charge is 0.363 e. The average molecular weight is 261 g/mol. The number of methoxy groups -OCH3 is 1. The second-order valence-corrected chi connectivity index (χ2v) is 3.67. The Morgan fingerprint density at radius 1 is 1.37 bits per heavy atom. The van der Waals surface area contributed by atoms with Crippen LogP contribution < -0.4 is 9.47 Å². The van der Waals surface area contributed by atoms with Crippen molar-refractivity contribution in [3.05, 3.63) is 29.5 Å². The van der Waals surface area contributed by atoms with Crippen molar-refractivity contribution in [1.29, 1.82) is 0 Å². The lowest BCUT2D eigenvalue weighted by molar-refractivity contribution is -0.132. The minimum Gasteiger partial charge on any atom is -0.493 e. The third-order valence-corrected chi connectivity index (χ3v) is 2.31. The third-order valence-electron chi connectivity index (χ3n) is 2.31. The number of benzene rings is 1. The largest absolute Gasteiger partial charge is 0.493 e. The Morgan fingerprint density at radius 3 is 2.74 bits per heavy atom. The van der Waals surface area contributed by atoms with Gasteiger partial charge >= 0.3 is 11.9 Å². The molecule has 0 saturated carbocycles. The molecule has 0 atom stereocenters. The van der Waals surface area contributed by atoms with Gasteiger partial charge in [-0.2, -0.15) is 0 Å². The summed E-state index contributed by atoms with van der Waals surface area (Å²) in [4.78, 5) is 25.9. The van der Waals surface area contributed by atoms with Crippen LogP contribution in [0.5, 0.6) is 11.5 Å². The fraction of sp³-hybridized carbons (Fsp3) is 0.154. The summed E-state index contributed by atoms with van der Waals surface area (Å²) < 4.78 is 14.7. The maximum Gasteiger partial charge on any atom is 0.363 e. The summed E-state index contributed by atoms with van der Waals surface area (Å²) in [5.74, 6) is -0.244. The molecule has 6 nitrogen and oxygen atoms in total. The molecule has 0 saturated heterocycles. The summed E-state index contributed by atoms with van der Waals surface area (Å²) in [5, 5.41) is 0. The Balaban J connectivity index is 2.31. The minimum atomic E-state index is -0.511. The van der Waals surface area contributed by atoms with E-state index >= 15 is 0 Å². The highest BCUT2D eigenvalue weighted by atomic mass is 16.6. The zero-order valence-electron chi connectivity index (χ0n) is 10.4. The number of carbonyl (C=O) groups is 2. The molecule has 1 aliphatic heterocycles. The van der Waals surface area contributed by atoms with Gasteiger partial charge < -0.3 is 14.2 Å². The Kier molecular flexibility index (Phi) is 3.61. The number of rotatable bonds is 3. The molecule has 98 valence electrons. The molecule has 0 unspecified atom stereocenters. The summed E-state index contributed by atoms with van der Waals surface area (Å²) in [6, 6.07) is 4.89. The van der Waals surface area contributed by atoms with E-state index in [-0.39, 0.29) is 5.70 Å². The van der Waals surface area contributed by atoms with Gasteiger partial charge in [0.2, 0.25) is 0 Å². The molecule has 0 radical (unpaired) electrons. The monoisotopic (exact) mass is 261 g/mol. The van der Waals surface area contributed by atoms with Crippen molar-refractivity contribution in [1.82, 2.24) is 0 Å². The van der Waals surface area contributed by atoms with Crippen molar-refractivity contribution in [2.75, 3.05) is 7.11 Å². The number of hydrogen-bond acceptors (Lipinski definition) is 6. The highest BCUT2D eigenvalue weighted by Gasteiger charge is 2.15. The molecule has 1 aliphatic rings. The Bertz CT molecular complexity index is 589. The van der Waals surface area contributed by atoms with E-state index in [1.807, 2.05) is 0 Å². The zero-order valence-corrected chi connectivity index (χ0v) is 10.4. The molecular weight excluding hydrogens is 250 g/mol. The predicted octanol–water partition coefficient (Wildman–Crippen LogP) is 1.55. The van der Waals surface area contributed by atoms with E-state index < -0.39 is 11.9 Å². The first-order valence-electron chi connectivity index (χ1n) is 5.42. The fourth-order valence-electron chi connectivity index (χ4n) is 1.51. The Labute approximate surface area is 109 Å². The topological polar surface area (TPSA) is 74.2 Å². The van der Waals surface area contributed by atoms with Gasteiger partial charge in [-0.1, -0.05) is 6.07 Å². The van der Waals surface area contributed by atoms with E-state index in [4.69, 9.17) is 9.47 Å². The lowest BCUT2D eigenvalue weighted by Gasteiger charge is -2.08. The number of ether oxygens (including phenoxy) is 3. The van der Waals surface area contributed by atoms with Crippen molar-refractivity contribution in [3.8, 4) is 11.5 Å². The van der Waals surface area contributed by atoms with Crippen molar-refractivity contribution >= 4 is 24.4 Å². The van der Waals surface area contributed by atoms with E-state index in [1.54, 1.807) is 24.3 Å². The molecule has 0 aliphatic carbocycles. The lowest BCUT2D eigenvalue weighted by atomic mass is 10.1. The van der Waals surface area contributed by atoms with Crippen molar-refractivity contribution in [2.24, 2.45) is 4.99 Å². The molecule has 0 aromatic heterocycles. The van der Waals surface area contributed by atoms with Crippen molar-refractivity contribution < 1.29 is 23.8 Å². The molecule has 0 bridgehead atoms. The molecule has 19 heavy (non-hydrogen) atoms. The summed E-state index contributed by atoms with van der Waals surface area (Å²) in [6.07, 6.45) is 2.63. The van der Waals surface area contributed by atoms with Gasteiger partial charge in [0.15, 0.2) is 23.6 Å². The summed E-state index contributed by atoms with van der Waals surface area (Å²) >= 11 is 0. The van der Waals surface area contributed by atoms with Crippen LogP contribution in [0.25, 0.3) is 6.08 Å². The van der Waals surface area contributed by atoms with Crippen LogP contribution in [0.3, 0.4) is 0 Å². The molecule has 0 fully saturated rings. The van der Waals surface area contributed by atoms with Gasteiger partial charge in [-0.3, -0.25) is 4.79 Å². The van der Waals surface area contributed by atoms with Crippen LogP contribution in [0.1, 0.15) is 12.5 Å². The number of carbonyl (C=O) groups excluding carboxylic acids is 2. The van der Waals surface area contributed by atoms with E-state index in [0.29, 0.717) is 17.1 Å². The highest BCUT2D eigenvalue weighted by molar-refractivity contribution is 6.01. The summed E-state index contributed by atoms with van der Waals surface area (Å²) in [7, 11) is 1.46.